The summed E-state index contributed by atoms with van der Waals surface area (Å²) in [4.78, 5) is 4.41. The predicted molar refractivity (Wildman–Crippen MR) is 77.1 cm³/mol. The van der Waals surface area contributed by atoms with E-state index >= 15 is 0 Å². The van der Waals surface area contributed by atoms with Crippen LogP contribution in [0.4, 0.5) is 0 Å². The quantitative estimate of drug-likeness (QED) is 0.553. The van der Waals surface area contributed by atoms with Crippen molar-refractivity contribution in [2.75, 3.05) is 0 Å². The van der Waals surface area contributed by atoms with Crippen LogP contribution >= 0.6 is 0 Å². The number of nitrogens with zero attached hydrogens (tertiary/aromatic N) is 1. The summed E-state index contributed by atoms with van der Waals surface area (Å²) in [6.45, 7) is 12.6. The molecule has 0 heterocycles. The largest absolute Gasteiger partial charge is 0.262 e. The summed E-state index contributed by atoms with van der Waals surface area (Å²) in [5, 5.41) is 0. The van der Waals surface area contributed by atoms with Crippen molar-refractivity contribution in [1.82, 2.24) is 0 Å². The fourth-order valence-corrected chi connectivity index (χ4v) is 1.49. The van der Waals surface area contributed by atoms with Crippen LogP contribution in [-0.4, -0.2) is 6.21 Å². The molecule has 0 amide bonds. The van der Waals surface area contributed by atoms with Crippen LogP contribution < -0.4 is 0 Å². The van der Waals surface area contributed by atoms with Gasteiger partial charge in [0.2, 0.25) is 0 Å². The predicted octanol–water partition coefficient (Wildman–Crippen LogP) is 4.88. The third-order valence-electron chi connectivity index (χ3n) is 3.14. The minimum atomic E-state index is 0.733. The van der Waals surface area contributed by atoms with E-state index in [1.165, 1.54) is 29.6 Å². The van der Waals surface area contributed by atoms with Crippen LogP contribution in [0.15, 0.2) is 40.1 Å². The Balaban J connectivity index is 2.24. The van der Waals surface area contributed by atoms with Crippen LogP contribution in [0, 0.1) is 12.3 Å². The number of allylic oxidation sites excluding steroid dienone is 5. The maximum absolute atomic E-state index is 4.41. The van der Waals surface area contributed by atoms with Gasteiger partial charge in [0.15, 0.2) is 0 Å². The van der Waals surface area contributed by atoms with E-state index < -0.39 is 0 Å². The fourth-order valence-electron chi connectivity index (χ4n) is 1.49. The molecule has 1 rings (SSSR count). The molecule has 0 spiro atoms. The topological polar surface area (TPSA) is 12.4 Å². The lowest BCUT2D eigenvalue weighted by Crippen LogP contribution is -1.94. The Hall–Kier alpha value is -1.11. The van der Waals surface area contributed by atoms with Crippen LogP contribution in [0.5, 0.6) is 0 Å². The van der Waals surface area contributed by atoms with Gasteiger partial charge in [-0.1, -0.05) is 30.7 Å². The zero-order chi connectivity index (χ0) is 12.8. The molecule has 1 heteroatoms. The summed E-state index contributed by atoms with van der Waals surface area (Å²) < 4.78 is 0. The van der Waals surface area contributed by atoms with Gasteiger partial charge in [0, 0.05) is 18.3 Å². The van der Waals surface area contributed by atoms with E-state index in [1.807, 2.05) is 6.21 Å². The maximum atomic E-state index is 4.41. The summed E-state index contributed by atoms with van der Waals surface area (Å²) in [5.41, 5.74) is 5.04. The fraction of sp³-hybridized carbons (Fsp3) is 0.500. The highest BCUT2D eigenvalue weighted by molar-refractivity contribution is 5.79. The normalized spacial score (nSPS) is 15.6. The second-order valence-corrected chi connectivity index (χ2v) is 5.26. The zero-order valence-electron chi connectivity index (χ0n) is 11.6. The molecule has 93 valence electrons. The van der Waals surface area contributed by atoms with E-state index in [-0.39, 0.29) is 0 Å². The molecule has 1 aliphatic rings. The van der Waals surface area contributed by atoms with Gasteiger partial charge < -0.3 is 0 Å². The first-order chi connectivity index (χ1) is 7.99. The van der Waals surface area contributed by atoms with Gasteiger partial charge in [-0.25, -0.2) is 0 Å². The number of hydrogen-bond acceptors (Lipinski definition) is 1. The summed E-state index contributed by atoms with van der Waals surface area (Å²) in [7, 11) is 0. The first-order valence-electron chi connectivity index (χ1n) is 6.39. The molecule has 0 bridgehead atoms. The molecular formula is C16H24N. The number of aliphatic imine (C=N–C) groups is 1. The molecule has 17 heavy (non-hydrogen) atoms. The van der Waals surface area contributed by atoms with Crippen molar-refractivity contribution in [3.63, 3.8) is 0 Å². The Labute approximate surface area is 106 Å². The first-order valence-corrected chi connectivity index (χ1v) is 6.39. The molecule has 0 fully saturated rings. The highest BCUT2D eigenvalue weighted by Crippen LogP contribution is 2.27. The second-order valence-electron chi connectivity index (χ2n) is 5.26. The van der Waals surface area contributed by atoms with Gasteiger partial charge in [-0.3, -0.25) is 4.99 Å². The lowest BCUT2D eigenvalue weighted by atomic mass is 9.99. The van der Waals surface area contributed by atoms with Crippen LogP contribution in [0.3, 0.4) is 0 Å². The van der Waals surface area contributed by atoms with Gasteiger partial charge in [0.05, 0.1) is 0 Å². The molecule has 1 radical (unpaired) electrons. The average Bonchev–Trinajstić information content (AvgIpc) is 3.06. The molecule has 0 aliphatic heterocycles. The van der Waals surface area contributed by atoms with Crippen LogP contribution in [0.1, 0.15) is 47.0 Å². The van der Waals surface area contributed by atoms with Gasteiger partial charge in [0.25, 0.3) is 0 Å². The SMILES string of the molecule is C=C(CCC(C)CC1=C[CH]1)N=CC(C)=C(C)C. The van der Waals surface area contributed by atoms with E-state index in [0.717, 1.165) is 18.0 Å². The molecule has 1 unspecified atom stereocenters. The Morgan fingerprint density at radius 1 is 1.41 bits per heavy atom. The minimum absolute atomic E-state index is 0.733. The van der Waals surface area contributed by atoms with Gasteiger partial charge in [-0.05, 0) is 51.5 Å². The van der Waals surface area contributed by atoms with E-state index in [2.05, 4.69) is 51.8 Å². The third-order valence-corrected chi connectivity index (χ3v) is 3.14. The van der Waals surface area contributed by atoms with Gasteiger partial charge in [-0.15, -0.1) is 0 Å². The smallest absolute Gasteiger partial charge is 0.0332 e. The molecule has 1 nitrogen and oxygen atoms in total. The van der Waals surface area contributed by atoms with Gasteiger partial charge in [0.1, 0.15) is 0 Å². The van der Waals surface area contributed by atoms with Crippen molar-refractivity contribution in [2.24, 2.45) is 10.9 Å². The molecule has 1 atom stereocenters. The van der Waals surface area contributed by atoms with E-state index in [9.17, 15) is 0 Å². The van der Waals surface area contributed by atoms with Crippen LogP contribution in [0.2, 0.25) is 0 Å². The van der Waals surface area contributed by atoms with E-state index in [1.54, 1.807) is 0 Å². The Morgan fingerprint density at radius 2 is 2.06 bits per heavy atom. The molecule has 0 saturated carbocycles. The lowest BCUT2D eigenvalue weighted by Gasteiger charge is -2.08. The Morgan fingerprint density at radius 3 is 2.59 bits per heavy atom. The second kappa shape index (κ2) is 6.58. The van der Waals surface area contributed by atoms with Crippen molar-refractivity contribution in [3.8, 4) is 0 Å². The molecule has 0 aromatic carbocycles. The highest BCUT2D eigenvalue weighted by atomic mass is 14.7. The average molecular weight is 230 g/mol. The van der Waals surface area contributed by atoms with Crippen molar-refractivity contribution in [3.05, 3.63) is 41.5 Å². The minimum Gasteiger partial charge on any atom is -0.262 e. The zero-order valence-corrected chi connectivity index (χ0v) is 11.6. The van der Waals surface area contributed by atoms with Crippen LogP contribution in [0.25, 0.3) is 0 Å². The highest BCUT2D eigenvalue weighted by Gasteiger charge is 2.12. The Bertz CT molecular complexity index is 365. The summed E-state index contributed by atoms with van der Waals surface area (Å²) >= 11 is 0. The maximum Gasteiger partial charge on any atom is 0.0332 e. The molecular weight excluding hydrogens is 206 g/mol. The molecule has 0 saturated heterocycles. The molecule has 0 N–H and O–H groups in total. The number of rotatable bonds is 7. The van der Waals surface area contributed by atoms with Gasteiger partial charge in [-0.2, -0.15) is 0 Å². The summed E-state index contributed by atoms with van der Waals surface area (Å²) in [6.07, 6.45) is 9.71. The molecule has 0 aromatic heterocycles. The van der Waals surface area contributed by atoms with Crippen molar-refractivity contribution >= 4 is 6.21 Å². The van der Waals surface area contributed by atoms with Crippen molar-refractivity contribution < 1.29 is 0 Å². The van der Waals surface area contributed by atoms with E-state index in [4.69, 9.17) is 0 Å². The first kappa shape index (κ1) is 14.0. The molecule has 0 aromatic rings. The summed E-state index contributed by atoms with van der Waals surface area (Å²) in [5.74, 6) is 0.733. The van der Waals surface area contributed by atoms with E-state index in [0.29, 0.717) is 0 Å². The Kier molecular flexibility index (Phi) is 5.40. The standard InChI is InChI=1S/C16H24N/c1-12(2)14(4)11-17-15(5)7-6-13(3)10-16-8-9-16/h8-9,11,13H,5-7,10H2,1-4H3. The monoisotopic (exact) mass is 230 g/mol. The van der Waals surface area contributed by atoms with Crippen LogP contribution in [-0.2, 0) is 0 Å². The van der Waals surface area contributed by atoms with Crippen molar-refractivity contribution in [2.45, 2.75) is 47.0 Å². The van der Waals surface area contributed by atoms with Gasteiger partial charge >= 0.3 is 0 Å². The number of hydrogen-bond donors (Lipinski definition) is 0. The third kappa shape index (κ3) is 6.25. The molecule has 1 aliphatic carbocycles. The van der Waals surface area contributed by atoms with Crippen molar-refractivity contribution in [1.29, 1.82) is 0 Å². The lowest BCUT2D eigenvalue weighted by molar-refractivity contribution is 0.534. The summed E-state index contributed by atoms with van der Waals surface area (Å²) in [6, 6.07) is 0.